The molecule has 0 aromatic heterocycles. The number of imide groups is 1. The van der Waals surface area contributed by atoms with Crippen LogP contribution >= 0.6 is 22.6 Å². The van der Waals surface area contributed by atoms with E-state index in [1.165, 1.54) is 30.3 Å². The fourth-order valence-electron chi connectivity index (χ4n) is 2.96. The molecule has 0 radical (unpaired) electrons. The third-order valence-electron chi connectivity index (χ3n) is 4.37. The first-order valence-electron chi connectivity index (χ1n) is 9.88. The second-order valence-corrected chi connectivity index (χ2v) is 8.04. The molecule has 0 spiro atoms. The number of ether oxygens (including phenoxy) is 2. The predicted octanol–water partition coefficient (Wildman–Crippen LogP) is 2.82. The fraction of sp³-hybridized carbons (Fsp3) is 0.182. The van der Waals surface area contributed by atoms with Crippen molar-refractivity contribution in [3.05, 3.63) is 57.0 Å². The van der Waals surface area contributed by atoms with Crippen molar-refractivity contribution >= 4 is 58.2 Å². The lowest BCUT2D eigenvalue weighted by Gasteiger charge is -2.15. The van der Waals surface area contributed by atoms with Gasteiger partial charge in [-0.1, -0.05) is 0 Å². The second kappa shape index (κ2) is 11.0. The van der Waals surface area contributed by atoms with Gasteiger partial charge < -0.3 is 25.2 Å². The normalized spacial score (nSPS) is 14.2. The zero-order valence-electron chi connectivity index (χ0n) is 17.8. The van der Waals surface area contributed by atoms with Gasteiger partial charge in [0.2, 0.25) is 0 Å². The number of benzene rings is 2. The lowest BCUT2D eigenvalue weighted by molar-refractivity contribution is -0.140. The Morgan fingerprint density at radius 3 is 2.56 bits per heavy atom. The minimum absolute atomic E-state index is 0.0863. The summed E-state index contributed by atoms with van der Waals surface area (Å²) < 4.78 is 24.8. The number of carbonyl (C=O) groups is 4. The molecule has 1 fully saturated rings. The summed E-state index contributed by atoms with van der Waals surface area (Å²) in [5, 5.41) is 13.8. The molecule has 12 heteroatoms. The third-order valence-corrected chi connectivity index (χ3v) is 5.18. The molecule has 2 aromatic carbocycles. The maximum Gasteiger partial charge on any atom is 0.329 e. The van der Waals surface area contributed by atoms with Crippen LogP contribution in [-0.4, -0.2) is 53.6 Å². The Morgan fingerprint density at radius 2 is 1.91 bits per heavy atom. The van der Waals surface area contributed by atoms with Crippen molar-refractivity contribution in [1.29, 1.82) is 0 Å². The molecule has 3 rings (SSSR count). The van der Waals surface area contributed by atoms with Crippen LogP contribution in [-0.2, 0) is 14.4 Å². The standard InChI is InChI=1S/C22H19FIN3O7/c1-2-33-17-9-12(8-16-21(31)27(10-19(29)30)22(32)26-16)7-15(24)20(17)34-11-18(28)25-14-5-3-13(23)4-6-14/h3-9H,2,10-11H2,1H3,(H,25,28)(H,26,32)(H,29,30)/b16-8+. The highest BCUT2D eigenvalue weighted by molar-refractivity contribution is 14.1. The van der Waals surface area contributed by atoms with Crippen molar-refractivity contribution in [2.24, 2.45) is 0 Å². The van der Waals surface area contributed by atoms with Crippen molar-refractivity contribution in [3.63, 3.8) is 0 Å². The van der Waals surface area contributed by atoms with Crippen LogP contribution in [0.15, 0.2) is 42.1 Å². The Kier molecular flexibility index (Phi) is 8.04. The number of hydrogen-bond donors (Lipinski definition) is 3. The predicted molar refractivity (Wildman–Crippen MR) is 127 cm³/mol. The summed E-state index contributed by atoms with van der Waals surface area (Å²) >= 11 is 1.97. The van der Waals surface area contributed by atoms with Gasteiger partial charge in [0.15, 0.2) is 18.1 Å². The molecule has 34 heavy (non-hydrogen) atoms. The van der Waals surface area contributed by atoms with E-state index in [9.17, 15) is 23.6 Å². The van der Waals surface area contributed by atoms with Gasteiger partial charge in [-0.15, -0.1) is 0 Å². The molecule has 10 nitrogen and oxygen atoms in total. The molecule has 0 atom stereocenters. The highest BCUT2D eigenvalue weighted by Gasteiger charge is 2.35. The Hall–Kier alpha value is -3.68. The summed E-state index contributed by atoms with van der Waals surface area (Å²) in [6.07, 6.45) is 1.39. The molecule has 4 amide bonds. The van der Waals surface area contributed by atoms with Crippen LogP contribution in [0.4, 0.5) is 14.9 Å². The van der Waals surface area contributed by atoms with Crippen LogP contribution in [0, 0.1) is 9.39 Å². The number of amides is 4. The Bertz CT molecular complexity index is 1170. The topological polar surface area (TPSA) is 134 Å². The number of nitrogens with one attached hydrogen (secondary N) is 2. The van der Waals surface area contributed by atoms with Gasteiger partial charge in [0.05, 0.1) is 10.2 Å². The van der Waals surface area contributed by atoms with Crippen molar-refractivity contribution in [1.82, 2.24) is 10.2 Å². The van der Waals surface area contributed by atoms with E-state index in [0.717, 1.165) is 0 Å². The van der Waals surface area contributed by atoms with Gasteiger partial charge in [-0.05, 0) is 77.6 Å². The average Bonchev–Trinajstić information content (AvgIpc) is 3.02. The summed E-state index contributed by atoms with van der Waals surface area (Å²) in [5.41, 5.74) is 0.811. The zero-order chi connectivity index (χ0) is 24.8. The molecule has 1 saturated heterocycles. The van der Waals surface area contributed by atoms with Gasteiger partial charge in [0.1, 0.15) is 18.1 Å². The molecule has 1 aliphatic rings. The molecule has 3 N–H and O–H groups in total. The molecule has 0 unspecified atom stereocenters. The number of hydrogen-bond acceptors (Lipinski definition) is 6. The maximum absolute atomic E-state index is 13.0. The van der Waals surface area contributed by atoms with E-state index in [-0.39, 0.29) is 18.9 Å². The first kappa shape index (κ1) is 25.0. The van der Waals surface area contributed by atoms with E-state index in [1.54, 1.807) is 19.1 Å². The van der Waals surface area contributed by atoms with Crippen LogP contribution < -0.4 is 20.1 Å². The summed E-state index contributed by atoms with van der Waals surface area (Å²) in [6, 6.07) is 7.66. The monoisotopic (exact) mass is 583 g/mol. The maximum atomic E-state index is 13.0. The number of carboxylic acids is 1. The van der Waals surface area contributed by atoms with Crippen LogP contribution in [0.25, 0.3) is 6.08 Å². The Labute approximate surface area is 206 Å². The molecule has 1 heterocycles. The smallest absolute Gasteiger partial charge is 0.329 e. The van der Waals surface area contributed by atoms with E-state index >= 15 is 0 Å². The van der Waals surface area contributed by atoms with E-state index in [0.29, 0.717) is 31.2 Å². The summed E-state index contributed by atoms with van der Waals surface area (Å²) in [5.74, 6) is -2.37. The summed E-state index contributed by atoms with van der Waals surface area (Å²) in [4.78, 5) is 47.9. The quantitative estimate of drug-likeness (QED) is 0.235. The van der Waals surface area contributed by atoms with Gasteiger partial charge in [-0.3, -0.25) is 14.4 Å². The fourth-order valence-corrected chi connectivity index (χ4v) is 3.74. The molecule has 178 valence electrons. The van der Waals surface area contributed by atoms with E-state index in [1.807, 2.05) is 22.6 Å². The van der Waals surface area contributed by atoms with Crippen LogP contribution in [0.5, 0.6) is 11.5 Å². The Balaban J connectivity index is 1.76. The van der Waals surface area contributed by atoms with Gasteiger partial charge in [-0.25, -0.2) is 14.1 Å². The van der Waals surface area contributed by atoms with Crippen LogP contribution in [0.2, 0.25) is 0 Å². The van der Waals surface area contributed by atoms with Crippen molar-refractivity contribution in [2.75, 3.05) is 25.1 Å². The number of rotatable bonds is 9. The lowest BCUT2D eigenvalue weighted by Crippen LogP contribution is -2.35. The minimum atomic E-state index is -1.32. The minimum Gasteiger partial charge on any atom is -0.490 e. The second-order valence-electron chi connectivity index (χ2n) is 6.88. The number of nitrogens with zero attached hydrogens (tertiary/aromatic N) is 1. The summed E-state index contributed by atoms with van der Waals surface area (Å²) in [7, 11) is 0. The highest BCUT2D eigenvalue weighted by Crippen LogP contribution is 2.35. The molecule has 1 aliphatic heterocycles. The zero-order valence-corrected chi connectivity index (χ0v) is 19.9. The largest absolute Gasteiger partial charge is 0.490 e. The number of anilines is 1. The molecule has 0 bridgehead atoms. The Morgan fingerprint density at radius 1 is 1.21 bits per heavy atom. The van der Waals surface area contributed by atoms with Gasteiger partial charge in [0, 0.05) is 5.69 Å². The molecule has 2 aromatic rings. The van der Waals surface area contributed by atoms with E-state index < -0.39 is 36.2 Å². The number of urea groups is 1. The van der Waals surface area contributed by atoms with Gasteiger partial charge >= 0.3 is 12.0 Å². The van der Waals surface area contributed by atoms with E-state index in [4.69, 9.17) is 14.6 Å². The average molecular weight is 583 g/mol. The van der Waals surface area contributed by atoms with Crippen molar-refractivity contribution in [2.45, 2.75) is 6.92 Å². The van der Waals surface area contributed by atoms with Gasteiger partial charge in [-0.2, -0.15) is 0 Å². The third kappa shape index (κ3) is 6.21. The molecule has 0 aliphatic carbocycles. The SMILES string of the molecule is CCOc1cc(/C=C2/NC(=O)N(CC(=O)O)C2=O)cc(I)c1OCC(=O)Nc1ccc(F)cc1. The number of carboxylic acid groups (broad SMARTS) is 1. The number of aliphatic carboxylic acids is 1. The van der Waals surface area contributed by atoms with Crippen LogP contribution in [0.1, 0.15) is 12.5 Å². The summed E-state index contributed by atoms with van der Waals surface area (Å²) in [6.45, 7) is 0.951. The number of carbonyl (C=O) groups excluding carboxylic acids is 3. The lowest BCUT2D eigenvalue weighted by atomic mass is 10.1. The van der Waals surface area contributed by atoms with E-state index in [2.05, 4.69) is 10.6 Å². The molecular formula is C22H19FIN3O7. The first-order valence-corrected chi connectivity index (χ1v) is 11.0. The van der Waals surface area contributed by atoms with Crippen molar-refractivity contribution in [3.8, 4) is 11.5 Å². The molecular weight excluding hydrogens is 564 g/mol. The van der Waals surface area contributed by atoms with Crippen molar-refractivity contribution < 1.29 is 38.1 Å². The first-order chi connectivity index (χ1) is 16.2. The van der Waals surface area contributed by atoms with Gasteiger partial charge in [0.25, 0.3) is 11.8 Å². The molecule has 0 saturated carbocycles. The number of halogens is 2. The highest BCUT2D eigenvalue weighted by atomic mass is 127. The van der Waals surface area contributed by atoms with Crippen LogP contribution in [0.3, 0.4) is 0 Å².